The number of nitrogens with one attached hydrogen (secondary N) is 2. The van der Waals surface area contributed by atoms with Crippen molar-refractivity contribution < 1.29 is 46.1 Å². The van der Waals surface area contributed by atoms with Crippen molar-refractivity contribution in [3.63, 3.8) is 0 Å². The van der Waals surface area contributed by atoms with E-state index in [4.69, 9.17) is 4.74 Å². The summed E-state index contributed by atoms with van der Waals surface area (Å²) < 4.78 is 84.3. The quantitative estimate of drug-likeness (QED) is 0.424. The summed E-state index contributed by atoms with van der Waals surface area (Å²) in [6.45, 7) is 4.56. The molecule has 0 aromatic heterocycles. The van der Waals surface area contributed by atoms with Crippen molar-refractivity contribution in [1.29, 1.82) is 0 Å². The largest absolute Gasteiger partial charge is 0.416 e. The zero-order valence-electron chi connectivity index (χ0n) is 20.3. The molecule has 6 nitrogen and oxygen atoms in total. The van der Waals surface area contributed by atoms with Gasteiger partial charge < -0.3 is 25.6 Å². The van der Waals surface area contributed by atoms with E-state index in [1.54, 1.807) is 6.92 Å². The summed E-state index contributed by atoms with van der Waals surface area (Å²) in [6, 6.07) is 0.615. The molecule has 0 bridgehead atoms. The van der Waals surface area contributed by atoms with E-state index in [0.29, 0.717) is 31.6 Å². The van der Waals surface area contributed by atoms with Gasteiger partial charge in [0.25, 0.3) is 0 Å². The van der Waals surface area contributed by atoms with Crippen molar-refractivity contribution >= 4 is 5.91 Å². The van der Waals surface area contributed by atoms with Crippen LogP contribution in [-0.2, 0) is 28.4 Å². The minimum atomic E-state index is -5.00. The summed E-state index contributed by atoms with van der Waals surface area (Å²) in [5.74, 6) is -0.663. The first-order valence-corrected chi connectivity index (χ1v) is 11.7. The molecule has 1 aliphatic heterocycles. The fourth-order valence-corrected chi connectivity index (χ4v) is 5.14. The Morgan fingerprint density at radius 3 is 2.17 bits per heavy atom. The van der Waals surface area contributed by atoms with Gasteiger partial charge in [0.15, 0.2) is 0 Å². The van der Waals surface area contributed by atoms with Crippen LogP contribution in [0.15, 0.2) is 18.2 Å². The zero-order chi connectivity index (χ0) is 27.2. The first-order chi connectivity index (χ1) is 16.3. The maximum atomic E-state index is 13.3. The SMILES string of the molecule is CC1(O)COCCC1N[C@@H]1CC[C@@](C(=O)NCc2cc(C(F)(F)F)cc(C(F)(F)F)c2)(C(C)(C)O)C1. The van der Waals surface area contributed by atoms with Crippen molar-refractivity contribution in [1.82, 2.24) is 10.6 Å². The van der Waals surface area contributed by atoms with E-state index in [2.05, 4.69) is 10.6 Å². The molecule has 2 aliphatic rings. The monoisotopic (exact) mass is 526 g/mol. The standard InChI is InChI=1S/C24H32F6N2O4/c1-20(2,34)22(6-4-17(11-22)32-18-5-7-36-13-21(18,3)35)19(33)31-12-14-8-15(23(25,26)27)10-16(9-14)24(28,29)30/h8-10,17-18,32,34-35H,4-7,11-13H2,1-3H3,(H,31,33)/t17-,18?,21?,22-/m1/s1. The van der Waals surface area contributed by atoms with Gasteiger partial charge in [-0.15, -0.1) is 0 Å². The van der Waals surface area contributed by atoms with E-state index in [9.17, 15) is 41.4 Å². The number of rotatable bonds is 6. The topological polar surface area (TPSA) is 90.8 Å². The number of benzene rings is 1. The van der Waals surface area contributed by atoms with Gasteiger partial charge in [-0.2, -0.15) is 26.3 Å². The molecule has 0 radical (unpaired) electrons. The molecule has 1 aromatic carbocycles. The molecule has 1 aliphatic carbocycles. The highest BCUT2D eigenvalue weighted by molar-refractivity contribution is 5.84. The second-order valence-electron chi connectivity index (χ2n) is 10.6. The molecular formula is C24H32F6N2O4. The maximum absolute atomic E-state index is 13.3. The summed E-state index contributed by atoms with van der Waals surface area (Å²) in [5, 5.41) is 27.3. The molecule has 1 saturated carbocycles. The van der Waals surface area contributed by atoms with Gasteiger partial charge in [0, 0.05) is 25.2 Å². The lowest BCUT2D eigenvalue weighted by Gasteiger charge is -2.41. The molecule has 4 N–H and O–H groups in total. The highest BCUT2D eigenvalue weighted by Crippen LogP contribution is 2.47. The molecular weight excluding hydrogens is 494 g/mol. The predicted molar refractivity (Wildman–Crippen MR) is 118 cm³/mol. The Kier molecular flexibility index (Phi) is 7.78. The molecule has 1 aromatic rings. The van der Waals surface area contributed by atoms with Gasteiger partial charge in [-0.25, -0.2) is 0 Å². The van der Waals surface area contributed by atoms with Crippen LogP contribution in [0.3, 0.4) is 0 Å². The third-order valence-electron chi connectivity index (χ3n) is 7.35. The van der Waals surface area contributed by atoms with E-state index in [1.165, 1.54) is 13.8 Å². The van der Waals surface area contributed by atoms with E-state index in [-0.39, 0.29) is 43.2 Å². The molecule has 2 fully saturated rings. The van der Waals surface area contributed by atoms with Gasteiger partial charge >= 0.3 is 12.4 Å². The lowest BCUT2D eigenvalue weighted by atomic mass is 9.71. The van der Waals surface area contributed by atoms with Gasteiger partial charge in [-0.1, -0.05) is 0 Å². The van der Waals surface area contributed by atoms with Gasteiger partial charge in [-0.3, -0.25) is 4.79 Å². The Bertz CT molecular complexity index is 925. The Balaban J connectivity index is 1.78. The molecule has 4 atom stereocenters. The summed E-state index contributed by atoms with van der Waals surface area (Å²) in [7, 11) is 0. The number of aliphatic hydroxyl groups is 2. The number of alkyl halides is 6. The number of hydrogen-bond donors (Lipinski definition) is 4. The number of ether oxygens (including phenoxy) is 1. The summed E-state index contributed by atoms with van der Waals surface area (Å²) in [4.78, 5) is 13.3. The lowest BCUT2D eigenvalue weighted by molar-refractivity contribution is -0.146. The van der Waals surface area contributed by atoms with Crippen LogP contribution in [0.1, 0.15) is 63.1 Å². The molecule has 0 spiro atoms. The number of hydrogen-bond acceptors (Lipinski definition) is 5. The van der Waals surface area contributed by atoms with Crippen molar-refractivity contribution in [2.45, 2.75) is 88.6 Å². The second kappa shape index (κ2) is 9.77. The second-order valence-corrected chi connectivity index (χ2v) is 10.6. The minimum absolute atomic E-state index is 0.0299. The van der Waals surface area contributed by atoms with Crippen LogP contribution in [0.5, 0.6) is 0 Å². The molecule has 12 heteroatoms. The molecule has 3 rings (SSSR count). The van der Waals surface area contributed by atoms with Crippen LogP contribution in [0, 0.1) is 5.41 Å². The van der Waals surface area contributed by atoms with Gasteiger partial charge in [0.05, 0.1) is 28.7 Å². The molecule has 36 heavy (non-hydrogen) atoms. The highest BCUT2D eigenvalue weighted by Gasteiger charge is 2.55. The Hall–Kier alpha value is -1.89. The van der Waals surface area contributed by atoms with Crippen LogP contribution in [0.4, 0.5) is 26.3 Å². The lowest BCUT2D eigenvalue weighted by Crippen LogP contribution is -2.58. The maximum Gasteiger partial charge on any atom is 0.416 e. The molecule has 204 valence electrons. The van der Waals surface area contributed by atoms with Gasteiger partial charge in [0.1, 0.15) is 5.60 Å². The summed E-state index contributed by atoms with van der Waals surface area (Å²) in [6.07, 6.45) is -8.56. The Labute approximate surface area is 205 Å². The van der Waals surface area contributed by atoms with Crippen molar-refractivity contribution in [3.8, 4) is 0 Å². The summed E-state index contributed by atoms with van der Waals surface area (Å²) >= 11 is 0. The third-order valence-corrected chi connectivity index (χ3v) is 7.35. The number of halogens is 6. The first kappa shape index (κ1) is 28.7. The van der Waals surface area contributed by atoms with Crippen molar-refractivity contribution in [2.75, 3.05) is 13.2 Å². The Morgan fingerprint density at radius 2 is 1.67 bits per heavy atom. The third kappa shape index (κ3) is 6.15. The van der Waals surface area contributed by atoms with Crippen LogP contribution in [0.25, 0.3) is 0 Å². The van der Waals surface area contributed by atoms with Crippen molar-refractivity contribution in [2.24, 2.45) is 5.41 Å². The van der Waals surface area contributed by atoms with E-state index >= 15 is 0 Å². The zero-order valence-corrected chi connectivity index (χ0v) is 20.3. The van der Waals surface area contributed by atoms with Gasteiger partial charge in [0.2, 0.25) is 5.91 Å². The molecule has 2 unspecified atom stereocenters. The minimum Gasteiger partial charge on any atom is -0.389 e. The number of carbonyl (C=O) groups is 1. The molecule has 1 amide bonds. The first-order valence-electron chi connectivity index (χ1n) is 11.7. The molecule has 1 saturated heterocycles. The fraction of sp³-hybridized carbons (Fsp3) is 0.708. The number of amides is 1. The fourth-order valence-electron chi connectivity index (χ4n) is 5.14. The van der Waals surface area contributed by atoms with E-state index < -0.39 is 52.5 Å². The van der Waals surface area contributed by atoms with Crippen LogP contribution < -0.4 is 10.6 Å². The molecule has 1 heterocycles. The number of carbonyl (C=O) groups excluding carboxylic acids is 1. The van der Waals surface area contributed by atoms with E-state index in [1.807, 2.05) is 0 Å². The van der Waals surface area contributed by atoms with E-state index in [0.717, 1.165) is 0 Å². The van der Waals surface area contributed by atoms with Crippen LogP contribution in [0.2, 0.25) is 0 Å². The average molecular weight is 527 g/mol. The van der Waals surface area contributed by atoms with Crippen LogP contribution in [-0.4, -0.2) is 52.6 Å². The predicted octanol–water partition coefficient (Wildman–Crippen LogP) is 3.78. The Morgan fingerprint density at radius 1 is 1.08 bits per heavy atom. The van der Waals surface area contributed by atoms with Crippen LogP contribution >= 0.6 is 0 Å². The highest BCUT2D eigenvalue weighted by atomic mass is 19.4. The normalized spacial score (nSPS) is 29.9. The van der Waals surface area contributed by atoms with Crippen molar-refractivity contribution in [3.05, 3.63) is 34.9 Å². The summed E-state index contributed by atoms with van der Waals surface area (Å²) in [5.41, 5.74) is -7.28. The average Bonchev–Trinajstić information content (AvgIpc) is 3.17. The smallest absolute Gasteiger partial charge is 0.389 e. The van der Waals surface area contributed by atoms with Gasteiger partial charge in [-0.05, 0) is 70.2 Å².